The summed E-state index contributed by atoms with van der Waals surface area (Å²) in [5.41, 5.74) is 1.98. The summed E-state index contributed by atoms with van der Waals surface area (Å²) >= 11 is 6.28. The molecule has 144 valence electrons. The zero-order valence-corrected chi connectivity index (χ0v) is 16.3. The minimum atomic E-state index is -0.744. The van der Waals surface area contributed by atoms with E-state index in [2.05, 4.69) is 4.90 Å². The van der Waals surface area contributed by atoms with E-state index in [4.69, 9.17) is 21.1 Å². The molecule has 5 nitrogen and oxygen atoms in total. The SMILES string of the molecule is COc1ccc(C(c2cc(Cl)ccc2OC)N2CCCC(C(=O)O)C2)cc1. The molecule has 1 aliphatic heterocycles. The minimum absolute atomic E-state index is 0.147. The quantitative estimate of drug-likeness (QED) is 0.800. The van der Waals surface area contributed by atoms with Crippen LogP contribution in [0.1, 0.15) is 30.0 Å². The van der Waals surface area contributed by atoms with Crippen LogP contribution in [0, 0.1) is 5.92 Å². The molecule has 1 saturated heterocycles. The van der Waals surface area contributed by atoms with Crippen molar-refractivity contribution in [1.29, 1.82) is 0 Å². The molecule has 0 bridgehead atoms. The number of carbonyl (C=O) groups is 1. The van der Waals surface area contributed by atoms with Gasteiger partial charge in [-0.05, 0) is 55.3 Å². The molecule has 0 aliphatic carbocycles. The summed E-state index contributed by atoms with van der Waals surface area (Å²) in [6.45, 7) is 1.30. The molecule has 0 radical (unpaired) electrons. The van der Waals surface area contributed by atoms with Crippen LogP contribution >= 0.6 is 11.6 Å². The Morgan fingerprint density at radius 3 is 2.56 bits per heavy atom. The number of piperidine rings is 1. The van der Waals surface area contributed by atoms with Crippen LogP contribution in [-0.4, -0.2) is 43.3 Å². The number of aliphatic carboxylic acids is 1. The zero-order valence-electron chi connectivity index (χ0n) is 15.5. The van der Waals surface area contributed by atoms with Gasteiger partial charge in [0.15, 0.2) is 0 Å². The number of carboxylic acid groups (broad SMARTS) is 1. The van der Waals surface area contributed by atoms with Crippen molar-refractivity contribution < 1.29 is 19.4 Å². The molecule has 2 unspecified atom stereocenters. The van der Waals surface area contributed by atoms with Crippen molar-refractivity contribution in [3.8, 4) is 11.5 Å². The molecule has 27 heavy (non-hydrogen) atoms. The van der Waals surface area contributed by atoms with Gasteiger partial charge in [-0.15, -0.1) is 0 Å². The lowest BCUT2D eigenvalue weighted by atomic mass is 9.91. The van der Waals surface area contributed by atoms with E-state index in [0.717, 1.165) is 35.6 Å². The van der Waals surface area contributed by atoms with Crippen molar-refractivity contribution in [2.45, 2.75) is 18.9 Å². The van der Waals surface area contributed by atoms with Crippen molar-refractivity contribution in [2.75, 3.05) is 27.3 Å². The Hall–Kier alpha value is -2.24. The van der Waals surface area contributed by atoms with Gasteiger partial charge in [0, 0.05) is 17.1 Å². The van der Waals surface area contributed by atoms with Gasteiger partial charge in [-0.1, -0.05) is 23.7 Å². The van der Waals surface area contributed by atoms with Crippen molar-refractivity contribution in [2.24, 2.45) is 5.92 Å². The first-order valence-electron chi connectivity index (χ1n) is 8.97. The van der Waals surface area contributed by atoms with Crippen LogP contribution in [0.3, 0.4) is 0 Å². The van der Waals surface area contributed by atoms with E-state index in [1.165, 1.54) is 0 Å². The molecule has 2 aromatic carbocycles. The summed E-state index contributed by atoms with van der Waals surface area (Å²) in [5, 5.41) is 10.1. The summed E-state index contributed by atoms with van der Waals surface area (Å²) < 4.78 is 10.9. The van der Waals surface area contributed by atoms with Crippen LogP contribution in [0.25, 0.3) is 0 Å². The fourth-order valence-corrected chi connectivity index (χ4v) is 3.92. The lowest BCUT2D eigenvalue weighted by molar-refractivity contribution is -0.143. The monoisotopic (exact) mass is 389 g/mol. The number of rotatable bonds is 6. The second kappa shape index (κ2) is 8.63. The number of likely N-dealkylation sites (tertiary alicyclic amines) is 1. The Bertz CT molecular complexity index is 793. The Morgan fingerprint density at radius 2 is 1.93 bits per heavy atom. The van der Waals surface area contributed by atoms with E-state index in [-0.39, 0.29) is 12.0 Å². The molecule has 2 aromatic rings. The van der Waals surface area contributed by atoms with Gasteiger partial charge < -0.3 is 14.6 Å². The van der Waals surface area contributed by atoms with Gasteiger partial charge in [-0.3, -0.25) is 9.69 Å². The number of ether oxygens (including phenoxy) is 2. The molecule has 1 heterocycles. The van der Waals surface area contributed by atoms with Crippen LogP contribution in [0.4, 0.5) is 0 Å². The average Bonchev–Trinajstić information content (AvgIpc) is 2.69. The van der Waals surface area contributed by atoms with E-state index < -0.39 is 5.97 Å². The third-order valence-electron chi connectivity index (χ3n) is 5.09. The molecule has 0 spiro atoms. The first kappa shape index (κ1) is 19.5. The number of carboxylic acids is 1. The predicted octanol–water partition coefficient (Wildman–Crippen LogP) is 4.24. The summed E-state index contributed by atoms with van der Waals surface area (Å²) in [6.07, 6.45) is 1.54. The first-order valence-corrected chi connectivity index (χ1v) is 9.35. The van der Waals surface area contributed by atoms with Crippen LogP contribution in [-0.2, 0) is 4.79 Å². The number of halogens is 1. The lowest BCUT2D eigenvalue weighted by Gasteiger charge is -2.38. The maximum absolute atomic E-state index is 11.6. The van der Waals surface area contributed by atoms with Crippen LogP contribution in [0.5, 0.6) is 11.5 Å². The maximum atomic E-state index is 11.6. The number of methoxy groups -OCH3 is 2. The molecule has 2 atom stereocenters. The second-order valence-electron chi connectivity index (χ2n) is 6.73. The van der Waals surface area contributed by atoms with Crippen molar-refractivity contribution in [1.82, 2.24) is 4.90 Å². The van der Waals surface area contributed by atoms with Crippen LogP contribution in [0.2, 0.25) is 5.02 Å². The highest BCUT2D eigenvalue weighted by Gasteiger charge is 2.32. The Balaban J connectivity index is 2.06. The summed E-state index contributed by atoms with van der Waals surface area (Å²) in [6, 6.07) is 13.3. The molecule has 1 fully saturated rings. The fraction of sp³-hybridized carbons (Fsp3) is 0.381. The summed E-state index contributed by atoms with van der Waals surface area (Å²) in [7, 11) is 3.27. The Labute approximate surface area is 164 Å². The van der Waals surface area contributed by atoms with E-state index in [0.29, 0.717) is 18.0 Å². The van der Waals surface area contributed by atoms with Crippen LogP contribution < -0.4 is 9.47 Å². The molecular weight excluding hydrogens is 366 g/mol. The molecular formula is C21H24ClNO4. The normalized spacial score (nSPS) is 18.7. The number of hydrogen-bond acceptors (Lipinski definition) is 4. The zero-order chi connectivity index (χ0) is 19.4. The molecule has 1 aliphatic rings. The van der Waals surface area contributed by atoms with Gasteiger partial charge in [-0.25, -0.2) is 0 Å². The number of benzene rings is 2. The van der Waals surface area contributed by atoms with E-state index in [1.54, 1.807) is 20.3 Å². The maximum Gasteiger partial charge on any atom is 0.307 e. The average molecular weight is 390 g/mol. The first-order chi connectivity index (χ1) is 13.0. The van der Waals surface area contributed by atoms with Crippen molar-refractivity contribution >= 4 is 17.6 Å². The highest BCUT2D eigenvalue weighted by atomic mass is 35.5. The van der Waals surface area contributed by atoms with Gasteiger partial charge in [0.05, 0.1) is 26.2 Å². The third-order valence-corrected chi connectivity index (χ3v) is 5.32. The highest BCUT2D eigenvalue weighted by molar-refractivity contribution is 6.30. The Kier molecular flexibility index (Phi) is 6.24. The van der Waals surface area contributed by atoms with E-state index in [1.807, 2.05) is 36.4 Å². The Morgan fingerprint density at radius 1 is 1.19 bits per heavy atom. The van der Waals surface area contributed by atoms with Gasteiger partial charge in [-0.2, -0.15) is 0 Å². The smallest absolute Gasteiger partial charge is 0.307 e. The lowest BCUT2D eigenvalue weighted by Crippen LogP contribution is -2.41. The largest absolute Gasteiger partial charge is 0.497 e. The minimum Gasteiger partial charge on any atom is -0.497 e. The van der Waals surface area contributed by atoms with Crippen molar-refractivity contribution in [3.63, 3.8) is 0 Å². The highest BCUT2D eigenvalue weighted by Crippen LogP contribution is 2.39. The molecule has 1 N–H and O–H groups in total. The van der Waals surface area contributed by atoms with Crippen LogP contribution in [0.15, 0.2) is 42.5 Å². The number of nitrogens with zero attached hydrogens (tertiary/aromatic N) is 1. The van der Waals surface area contributed by atoms with Gasteiger partial charge in [0.25, 0.3) is 0 Å². The second-order valence-corrected chi connectivity index (χ2v) is 7.17. The molecule has 0 saturated carbocycles. The van der Waals surface area contributed by atoms with E-state index >= 15 is 0 Å². The van der Waals surface area contributed by atoms with Gasteiger partial charge in [0.1, 0.15) is 11.5 Å². The van der Waals surface area contributed by atoms with Crippen molar-refractivity contribution in [3.05, 3.63) is 58.6 Å². The molecule has 3 rings (SSSR count). The predicted molar refractivity (Wildman–Crippen MR) is 105 cm³/mol. The fourth-order valence-electron chi connectivity index (χ4n) is 3.73. The summed E-state index contributed by atoms with van der Waals surface area (Å²) in [4.78, 5) is 13.8. The molecule has 6 heteroatoms. The molecule has 0 aromatic heterocycles. The van der Waals surface area contributed by atoms with Gasteiger partial charge >= 0.3 is 5.97 Å². The number of hydrogen-bond donors (Lipinski definition) is 1. The molecule has 0 amide bonds. The third kappa shape index (κ3) is 4.37. The summed E-state index contributed by atoms with van der Waals surface area (Å²) in [5.74, 6) is 0.395. The van der Waals surface area contributed by atoms with Gasteiger partial charge in [0.2, 0.25) is 0 Å². The standard InChI is InChI=1S/C21H24ClNO4/c1-26-17-8-5-14(6-9-17)20(18-12-16(22)7-10-19(18)27-2)23-11-3-4-15(13-23)21(24)25/h5-10,12,15,20H,3-4,11,13H2,1-2H3,(H,24,25). The van der Waals surface area contributed by atoms with E-state index in [9.17, 15) is 9.90 Å². The topological polar surface area (TPSA) is 59.0 Å².